The van der Waals surface area contributed by atoms with E-state index < -0.39 is 0 Å². The van der Waals surface area contributed by atoms with Crippen LogP contribution in [-0.2, 0) is 0 Å². The Morgan fingerprint density at radius 3 is 2.95 bits per heavy atom. The number of urea groups is 1. The lowest BCUT2D eigenvalue weighted by molar-refractivity contribution is 0.252. The fraction of sp³-hybridized carbons (Fsp3) is 0.154. The van der Waals surface area contributed by atoms with Crippen LogP contribution in [0.15, 0.2) is 35.3 Å². The van der Waals surface area contributed by atoms with Gasteiger partial charge in [-0.15, -0.1) is 0 Å². The summed E-state index contributed by atoms with van der Waals surface area (Å²) in [4.78, 5) is 24.4. The molecule has 3 aromatic rings. The third-order valence-corrected chi connectivity index (χ3v) is 2.71. The van der Waals surface area contributed by atoms with Crippen LogP contribution in [0.25, 0.3) is 22.4 Å². The molecule has 0 aliphatic carbocycles. The Kier molecular flexibility index (Phi) is 3.42. The first-order valence-corrected chi connectivity index (χ1v) is 6.34. The van der Waals surface area contributed by atoms with Gasteiger partial charge in [0.15, 0.2) is 5.65 Å². The molecule has 0 unspecified atom stereocenters. The van der Waals surface area contributed by atoms with Gasteiger partial charge in [-0.25, -0.2) is 14.8 Å². The van der Waals surface area contributed by atoms with Crippen LogP contribution in [0.3, 0.4) is 0 Å². The molecule has 2 N–H and O–H groups in total. The van der Waals surface area contributed by atoms with Crippen LogP contribution in [0, 0.1) is 0 Å². The number of hydrogen-bond donors (Lipinski definition) is 2. The quantitative estimate of drug-likeness (QED) is 0.760. The molecular weight excluding hydrogens is 272 g/mol. The van der Waals surface area contributed by atoms with Gasteiger partial charge in [-0.2, -0.15) is 0 Å². The molecule has 0 fully saturated rings. The molecule has 0 saturated heterocycles. The van der Waals surface area contributed by atoms with Gasteiger partial charge in [-0.1, -0.05) is 5.16 Å². The second-order valence-corrected chi connectivity index (χ2v) is 4.19. The highest BCUT2D eigenvalue weighted by Crippen LogP contribution is 2.18. The highest BCUT2D eigenvalue weighted by molar-refractivity contribution is 5.89. The van der Waals surface area contributed by atoms with E-state index in [1.54, 1.807) is 24.5 Å². The molecule has 0 atom stereocenters. The standard InChI is InChI=1S/C13H12N6O2/c1-2-14-13(20)19-11-4-3-9-12(18-11)17-10(6-15-9)8-5-16-21-7-8/h3-7H,2H2,1H3,(H2,14,17,18,19,20). The predicted octanol–water partition coefficient (Wildman–Crippen LogP) is 1.82. The van der Waals surface area contributed by atoms with Gasteiger partial charge in [0.05, 0.1) is 23.7 Å². The summed E-state index contributed by atoms with van der Waals surface area (Å²) >= 11 is 0. The van der Waals surface area contributed by atoms with E-state index in [1.165, 1.54) is 6.26 Å². The van der Waals surface area contributed by atoms with Crippen molar-refractivity contribution >= 4 is 23.0 Å². The number of rotatable bonds is 3. The smallest absolute Gasteiger partial charge is 0.320 e. The zero-order chi connectivity index (χ0) is 14.7. The summed E-state index contributed by atoms with van der Waals surface area (Å²) in [6.45, 7) is 2.38. The number of nitrogens with zero attached hydrogens (tertiary/aromatic N) is 4. The van der Waals surface area contributed by atoms with Crippen molar-refractivity contribution < 1.29 is 9.32 Å². The van der Waals surface area contributed by atoms with Crippen molar-refractivity contribution in [1.82, 2.24) is 25.4 Å². The zero-order valence-corrected chi connectivity index (χ0v) is 11.2. The Balaban J connectivity index is 1.94. The molecule has 3 heterocycles. The van der Waals surface area contributed by atoms with Gasteiger partial charge in [0.25, 0.3) is 0 Å². The minimum absolute atomic E-state index is 0.313. The monoisotopic (exact) mass is 284 g/mol. The summed E-state index contributed by atoms with van der Waals surface area (Å²) in [6, 6.07) is 3.10. The highest BCUT2D eigenvalue weighted by Gasteiger charge is 2.07. The van der Waals surface area contributed by atoms with Crippen LogP contribution >= 0.6 is 0 Å². The molecule has 0 aliphatic rings. The number of aromatic nitrogens is 4. The summed E-state index contributed by atoms with van der Waals surface area (Å²) in [5.74, 6) is 0.408. The Bertz CT molecular complexity index is 771. The lowest BCUT2D eigenvalue weighted by atomic mass is 10.2. The molecule has 3 rings (SSSR count). The molecule has 2 amide bonds. The van der Waals surface area contributed by atoms with E-state index in [-0.39, 0.29) is 6.03 Å². The van der Waals surface area contributed by atoms with E-state index in [4.69, 9.17) is 4.52 Å². The first-order valence-electron chi connectivity index (χ1n) is 6.34. The summed E-state index contributed by atoms with van der Waals surface area (Å²) in [7, 11) is 0. The number of fused-ring (bicyclic) bond motifs is 1. The second kappa shape index (κ2) is 5.53. The lowest BCUT2D eigenvalue weighted by Gasteiger charge is -2.05. The number of hydrogen-bond acceptors (Lipinski definition) is 6. The number of nitrogens with one attached hydrogen (secondary N) is 2. The van der Waals surface area contributed by atoms with Crippen LogP contribution in [0.5, 0.6) is 0 Å². The van der Waals surface area contributed by atoms with Gasteiger partial charge >= 0.3 is 6.03 Å². The van der Waals surface area contributed by atoms with E-state index >= 15 is 0 Å². The Labute approximate surface area is 119 Å². The molecule has 0 aromatic carbocycles. The van der Waals surface area contributed by atoms with Gasteiger partial charge in [-0.05, 0) is 19.1 Å². The third-order valence-electron chi connectivity index (χ3n) is 2.71. The maximum atomic E-state index is 11.5. The molecule has 0 spiro atoms. The fourth-order valence-corrected chi connectivity index (χ4v) is 1.76. The van der Waals surface area contributed by atoms with E-state index in [0.717, 1.165) is 0 Å². The second-order valence-electron chi connectivity index (χ2n) is 4.19. The first-order chi connectivity index (χ1) is 10.3. The average molecular weight is 284 g/mol. The molecule has 21 heavy (non-hydrogen) atoms. The van der Waals surface area contributed by atoms with Gasteiger partial charge in [0.2, 0.25) is 0 Å². The predicted molar refractivity (Wildman–Crippen MR) is 75.5 cm³/mol. The van der Waals surface area contributed by atoms with E-state index in [9.17, 15) is 4.79 Å². The molecule has 0 radical (unpaired) electrons. The number of amides is 2. The summed E-state index contributed by atoms with van der Waals surface area (Å²) in [5, 5.41) is 8.89. The highest BCUT2D eigenvalue weighted by atomic mass is 16.5. The van der Waals surface area contributed by atoms with Crippen molar-refractivity contribution in [3.63, 3.8) is 0 Å². The fourth-order valence-electron chi connectivity index (χ4n) is 1.76. The van der Waals surface area contributed by atoms with Crippen molar-refractivity contribution in [2.45, 2.75) is 6.92 Å². The molecular formula is C13H12N6O2. The largest absolute Gasteiger partial charge is 0.364 e. The van der Waals surface area contributed by atoms with E-state index in [0.29, 0.717) is 34.8 Å². The Morgan fingerprint density at radius 2 is 2.19 bits per heavy atom. The topological polar surface area (TPSA) is 106 Å². The molecule has 0 bridgehead atoms. The summed E-state index contributed by atoms with van der Waals surface area (Å²) in [5.41, 5.74) is 2.39. The van der Waals surface area contributed by atoms with Crippen LogP contribution in [0.4, 0.5) is 10.6 Å². The van der Waals surface area contributed by atoms with Crippen molar-refractivity contribution in [3.05, 3.63) is 30.8 Å². The average Bonchev–Trinajstić information content (AvgIpc) is 3.01. The number of pyridine rings is 1. The van der Waals surface area contributed by atoms with Gasteiger partial charge in [0, 0.05) is 6.54 Å². The lowest BCUT2D eigenvalue weighted by Crippen LogP contribution is -2.28. The number of anilines is 1. The maximum Gasteiger partial charge on any atom is 0.320 e. The third kappa shape index (κ3) is 2.78. The van der Waals surface area contributed by atoms with Crippen molar-refractivity contribution in [1.29, 1.82) is 0 Å². The molecule has 8 heteroatoms. The zero-order valence-electron chi connectivity index (χ0n) is 11.2. The van der Waals surface area contributed by atoms with Crippen molar-refractivity contribution in [2.24, 2.45) is 0 Å². The maximum absolute atomic E-state index is 11.5. The minimum atomic E-state index is -0.313. The summed E-state index contributed by atoms with van der Waals surface area (Å²) in [6.07, 6.45) is 4.65. The normalized spacial score (nSPS) is 10.5. The van der Waals surface area contributed by atoms with Crippen LogP contribution < -0.4 is 10.6 Å². The minimum Gasteiger partial charge on any atom is -0.364 e. The molecule has 3 aromatic heterocycles. The molecule has 106 valence electrons. The van der Waals surface area contributed by atoms with Gasteiger partial charge < -0.3 is 9.84 Å². The molecule has 0 saturated carbocycles. The van der Waals surface area contributed by atoms with Crippen LogP contribution in [0.2, 0.25) is 0 Å². The first kappa shape index (κ1) is 13.0. The number of carbonyl (C=O) groups is 1. The van der Waals surface area contributed by atoms with Crippen molar-refractivity contribution in [3.8, 4) is 11.3 Å². The SMILES string of the molecule is CCNC(=O)Nc1ccc2ncc(-c3cnoc3)nc2n1. The Hall–Kier alpha value is -3.03. The number of carbonyl (C=O) groups excluding carboxylic acids is 1. The van der Waals surface area contributed by atoms with Crippen LogP contribution in [-0.4, -0.2) is 32.7 Å². The summed E-state index contributed by atoms with van der Waals surface area (Å²) < 4.78 is 4.78. The van der Waals surface area contributed by atoms with Gasteiger partial charge in [-0.3, -0.25) is 10.3 Å². The van der Waals surface area contributed by atoms with E-state index in [2.05, 4.69) is 30.7 Å². The van der Waals surface area contributed by atoms with Crippen molar-refractivity contribution in [2.75, 3.05) is 11.9 Å². The van der Waals surface area contributed by atoms with Crippen LogP contribution in [0.1, 0.15) is 6.92 Å². The molecule has 8 nitrogen and oxygen atoms in total. The van der Waals surface area contributed by atoms with E-state index in [1.807, 2.05) is 6.92 Å². The molecule has 0 aliphatic heterocycles. The van der Waals surface area contributed by atoms with Gasteiger partial charge in [0.1, 0.15) is 17.6 Å². The Morgan fingerprint density at radius 1 is 1.29 bits per heavy atom.